The molecule has 2 bridgehead atoms. The van der Waals surface area contributed by atoms with Gasteiger partial charge in [0.05, 0.1) is 41.4 Å². The summed E-state index contributed by atoms with van der Waals surface area (Å²) in [6, 6.07) is 6.01. The fourth-order valence-electron chi connectivity index (χ4n) is 6.57. The number of nitrogens with zero attached hydrogens (tertiary/aromatic N) is 5. The van der Waals surface area contributed by atoms with E-state index in [1.165, 1.54) is 4.90 Å². The lowest BCUT2D eigenvalue weighted by atomic mass is 9.71. The molecule has 5 rings (SSSR count). The van der Waals surface area contributed by atoms with E-state index in [-0.39, 0.29) is 48.3 Å². The molecule has 0 aliphatic carbocycles. The molecular formula is C29H36BrN5O5S. The summed E-state index contributed by atoms with van der Waals surface area (Å²) in [6.45, 7) is 9.61. The number of fused-ring (bicyclic) bond motifs is 2. The molecule has 1 spiro atoms. The fourth-order valence-corrected chi connectivity index (χ4v) is 10.1. The van der Waals surface area contributed by atoms with Gasteiger partial charge in [0.15, 0.2) is 0 Å². The average Bonchev–Trinajstić information content (AvgIpc) is 3.69. The Morgan fingerprint density at radius 1 is 1.32 bits per heavy atom. The minimum absolute atomic E-state index is 0.0679. The Labute approximate surface area is 252 Å². The van der Waals surface area contributed by atoms with Gasteiger partial charge in [0.2, 0.25) is 11.8 Å². The number of hydrogen-bond acceptors (Lipinski definition) is 8. The third kappa shape index (κ3) is 5.12. The molecule has 0 radical (unpaired) electrons. The van der Waals surface area contributed by atoms with Crippen molar-refractivity contribution in [1.82, 2.24) is 24.8 Å². The molecule has 3 fully saturated rings. The second kappa shape index (κ2) is 12.3. The molecular weight excluding hydrogens is 610 g/mol. The van der Waals surface area contributed by atoms with E-state index in [0.29, 0.717) is 18.4 Å². The fraction of sp³-hybridized carbons (Fsp3) is 0.552. The largest absolute Gasteiger partial charge is 0.465 e. The lowest BCUT2D eigenvalue weighted by Crippen LogP contribution is -2.57. The number of ether oxygens (including phenoxy) is 1. The van der Waals surface area contributed by atoms with Gasteiger partial charge in [-0.1, -0.05) is 45.4 Å². The second-order valence-electron chi connectivity index (χ2n) is 11.0. The summed E-state index contributed by atoms with van der Waals surface area (Å²) in [7, 11) is 0. The van der Waals surface area contributed by atoms with Gasteiger partial charge in [-0.2, -0.15) is 0 Å². The third-order valence-corrected chi connectivity index (χ3v) is 11.6. The molecule has 3 unspecified atom stereocenters. The number of alkyl halides is 1. The quantitative estimate of drug-likeness (QED) is 0.153. The lowest BCUT2D eigenvalue weighted by Gasteiger charge is -2.39. The number of halogens is 1. The highest BCUT2D eigenvalue weighted by Gasteiger charge is 2.76. The number of hydrogen-bond donors (Lipinski definition) is 1. The van der Waals surface area contributed by atoms with E-state index >= 15 is 0 Å². The number of para-hydroxylation sites is 1. The smallest absolute Gasteiger partial charge is 0.310 e. The maximum absolute atomic E-state index is 14.5. The minimum Gasteiger partial charge on any atom is -0.465 e. The second-order valence-corrected chi connectivity index (χ2v) is 13.7. The molecule has 3 saturated heterocycles. The zero-order valence-electron chi connectivity index (χ0n) is 23.1. The van der Waals surface area contributed by atoms with Crippen molar-refractivity contribution in [2.45, 2.75) is 66.2 Å². The summed E-state index contributed by atoms with van der Waals surface area (Å²) in [4.78, 5) is 45.2. The van der Waals surface area contributed by atoms with Crippen LogP contribution in [-0.4, -0.2) is 94.4 Å². The predicted molar refractivity (Wildman–Crippen MR) is 160 cm³/mol. The Morgan fingerprint density at radius 2 is 2.10 bits per heavy atom. The van der Waals surface area contributed by atoms with Gasteiger partial charge in [0.1, 0.15) is 18.2 Å². The number of amides is 2. The van der Waals surface area contributed by atoms with E-state index in [9.17, 15) is 19.5 Å². The summed E-state index contributed by atoms with van der Waals surface area (Å²) in [6.07, 6.45) is 6.44. The molecule has 1 aromatic carbocycles. The predicted octanol–water partition coefficient (Wildman–Crippen LogP) is 3.15. The maximum atomic E-state index is 14.5. The van der Waals surface area contributed by atoms with E-state index in [1.54, 1.807) is 34.3 Å². The molecule has 3 aliphatic heterocycles. The van der Waals surface area contributed by atoms with E-state index in [4.69, 9.17) is 4.74 Å². The number of aromatic nitrogens is 3. The first-order chi connectivity index (χ1) is 19.8. The highest BCUT2D eigenvalue weighted by Crippen LogP contribution is 2.68. The van der Waals surface area contributed by atoms with Gasteiger partial charge >= 0.3 is 5.97 Å². The number of carbonyl (C=O) groups is 3. The van der Waals surface area contributed by atoms with Crippen LogP contribution in [0.5, 0.6) is 0 Å². The van der Waals surface area contributed by atoms with Crippen LogP contribution in [-0.2, 0) is 25.8 Å². The molecule has 7 atom stereocenters. The molecule has 3 aliphatic rings. The highest BCUT2D eigenvalue weighted by atomic mass is 79.9. The van der Waals surface area contributed by atoms with Crippen molar-refractivity contribution >= 4 is 56.5 Å². The molecule has 1 aromatic heterocycles. The van der Waals surface area contributed by atoms with Crippen LogP contribution in [0.1, 0.15) is 32.6 Å². The van der Waals surface area contributed by atoms with Crippen molar-refractivity contribution in [3.63, 3.8) is 0 Å². The van der Waals surface area contributed by atoms with Gasteiger partial charge in [-0.15, -0.1) is 30.0 Å². The van der Waals surface area contributed by atoms with Crippen molar-refractivity contribution in [2.24, 2.45) is 11.8 Å². The lowest BCUT2D eigenvalue weighted by molar-refractivity contribution is -0.154. The van der Waals surface area contributed by atoms with Crippen LogP contribution < -0.4 is 0 Å². The molecule has 12 heteroatoms. The Bertz CT molecular complexity index is 1340. The summed E-state index contributed by atoms with van der Waals surface area (Å²) in [5, 5.41) is 18.4. The molecule has 10 nitrogen and oxygen atoms in total. The zero-order chi connectivity index (χ0) is 29.3. The standard InChI is InChI=1S/C29H36BrN5O5S/c1-4-6-7-10-14-40-28(39)22-23-26(37)35(18(3)16-36)25(29(23)15-19(30)24(22)41-29)27(38)33(13-5-2)17-34-21-12-9-8-11-20(21)31-32-34/h4-5,8-9,11-12,18-19,22-25,36H,1-2,6-7,10,13-17H2,3H3/t18-,19?,22+,23+,24+,25?,29?/m1/s1. The van der Waals surface area contributed by atoms with Gasteiger partial charge < -0.3 is 19.6 Å². The number of likely N-dealkylation sites (tertiary alicyclic amines) is 1. The number of rotatable bonds is 13. The Morgan fingerprint density at radius 3 is 2.83 bits per heavy atom. The third-order valence-electron chi connectivity index (χ3n) is 8.41. The van der Waals surface area contributed by atoms with Crippen molar-refractivity contribution < 1.29 is 24.2 Å². The van der Waals surface area contributed by atoms with E-state index in [0.717, 1.165) is 18.4 Å². The number of aliphatic hydroxyl groups is 1. The van der Waals surface area contributed by atoms with Crippen LogP contribution in [0.25, 0.3) is 11.0 Å². The van der Waals surface area contributed by atoms with Crippen molar-refractivity contribution in [3.05, 3.63) is 49.6 Å². The number of unbranched alkanes of at least 4 members (excludes halogenated alkanes) is 2. The van der Waals surface area contributed by atoms with Crippen molar-refractivity contribution in [1.29, 1.82) is 0 Å². The maximum Gasteiger partial charge on any atom is 0.310 e. The number of benzene rings is 1. The van der Waals surface area contributed by atoms with Crippen LogP contribution in [0.2, 0.25) is 0 Å². The van der Waals surface area contributed by atoms with Crippen molar-refractivity contribution in [3.8, 4) is 0 Å². The number of aliphatic hydroxyl groups excluding tert-OH is 1. The summed E-state index contributed by atoms with van der Waals surface area (Å²) in [5.41, 5.74) is 1.49. The van der Waals surface area contributed by atoms with Crippen LogP contribution in [0.4, 0.5) is 0 Å². The summed E-state index contributed by atoms with van der Waals surface area (Å²) in [5.74, 6) is -2.34. The normalized spacial score (nSPS) is 29.0. The number of carbonyl (C=O) groups excluding carboxylic acids is 3. The minimum atomic E-state index is -0.877. The van der Waals surface area contributed by atoms with Crippen molar-refractivity contribution in [2.75, 3.05) is 19.8 Å². The molecule has 2 aromatic rings. The number of thioether (sulfide) groups is 1. The molecule has 2 amide bonds. The van der Waals surface area contributed by atoms with Crippen LogP contribution in [0.3, 0.4) is 0 Å². The van der Waals surface area contributed by atoms with Gasteiger partial charge in [-0.3, -0.25) is 14.4 Å². The monoisotopic (exact) mass is 645 g/mol. The van der Waals surface area contributed by atoms with E-state index in [2.05, 4.69) is 39.4 Å². The molecule has 41 heavy (non-hydrogen) atoms. The zero-order valence-corrected chi connectivity index (χ0v) is 25.5. The average molecular weight is 647 g/mol. The van der Waals surface area contributed by atoms with Gasteiger partial charge in [0.25, 0.3) is 0 Å². The van der Waals surface area contributed by atoms with Crippen LogP contribution in [0, 0.1) is 11.8 Å². The van der Waals surface area contributed by atoms with E-state index in [1.807, 2.05) is 30.3 Å². The number of esters is 1. The Hall–Kier alpha value is -2.70. The first kappa shape index (κ1) is 29.8. The molecule has 0 saturated carbocycles. The van der Waals surface area contributed by atoms with E-state index < -0.39 is 34.6 Å². The van der Waals surface area contributed by atoms with Crippen LogP contribution in [0.15, 0.2) is 49.6 Å². The van der Waals surface area contributed by atoms with Gasteiger partial charge in [-0.05, 0) is 44.7 Å². The molecule has 1 N–H and O–H groups in total. The SMILES string of the molecule is C=CCCCCOC(=O)[C@H]1[C@H]2C(=O)N([C@H](C)CO)C(C(=O)N(CC=C)Cn3nnc4ccccc43)C23CC(Br)[C@@H]1S3. The number of allylic oxidation sites excluding steroid dienone is 1. The summed E-state index contributed by atoms with van der Waals surface area (Å²) >= 11 is 5.32. The molecule has 4 heterocycles. The van der Waals surface area contributed by atoms with Gasteiger partial charge in [0, 0.05) is 16.6 Å². The highest BCUT2D eigenvalue weighted by molar-refractivity contribution is 9.09. The van der Waals surface area contributed by atoms with Gasteiger partial charge in [-0.25, -0.2) is 4.68 Å². The van der Waals surface area contributed by atoms with Crippen LogP contribution >= 0.6 is 27.7 Å². The summed E-state index contributed by atoms with van der Waals surface area (Å²) < 4.78 is 6.50. The Kier molecular flexibility index (Phi) is 8.91. The first-order valence-corrected chi connectivity index (χ1v) is 15.8. The Balaban J connectivity index is 1.47. The molecule has 220 valence electrons. The first-order valence-electron chi connectivity index (χ1n) is 14.0. The topological polar surface area (TPSA) is 118 Å².